The lowest BCUT2D eigenvalue weighted by Crippen LogP contribution is -1.98. The quantitative estimate of drug-likeness (QED) is 0.785. The monoisotopic (exact) mass is 266 g/mol. The summed E-state index contributed by atoms with van der Waals surface area (Å²) in [5.74, 6) is 0. The number of halogens is 1. The van der Waals surface area contributed by atoms with Crippen LogP contribution in [0.5, 0.6) is 0 Å². The van der Waals surface area contributed by atoms with Gasteiger partial charge in [-0.1, -0.05) is 21.1 Å². The number of pyridine rings is 1. The Morgan fingerprint density at radius 2 is 2.27 bits per heavy atom. The molecule has 15 heavy (non-hydrogen) atoms. The molecular formula is C10H11BrN4. The van der Waals surface area contributed by atoms with E-state index < -0.39 is 0 Å². The molecule has 0 aliphatic heterocycles. The number of rotatable bonds is 2. The summed E-state index contributed by atoms with van der Waals surface area (Å²) in [6, 6.07) is 3.86. The second-order valence-electron chi connectivity index (χ2n) is 3.31. The van der Waals surface area contributed by atoms with Gasteiger partial charge in [0, 0.05) is 6.20 Å². The number of nitrogens with zero attached hydrogens (tertiary/aromatic N) is 4. The van der Waals surface area contributed by atoms with Gasteiger partial charge in [-0.15, -0.1) is 5.10 Å². The van der Waals surface area contributed by atoms with Crippen molar-refractivity contribution in [2.24, 2.45) is 0 Å². The Morgan fingerprint density at radius 1 is 1.47 bits per heavy atom. The average Bonchev–Trinajstić information content (AvgIpc) is 2.67. The van der Waals surface area contributed by atoms with Gasteiger partial charge in [0.1, 0.15) is 0 Å². The summed E-state index contributed by atoms with van der Waals surface area (Å²) in [7, 11) is 0. The Bertz CT molecular complexity index is 464. The van der Waals surface area contributed by atoms with Crippen LogP contribution in [0.25, 0.3) is 5.69 Å². The molecule has 2 aromatic heterocycles. The number of alkyl halides is 1. The second-order valence-corrected chi connectivity index (χ2v) is 4.69. The van der Waals surface area contributed by atoms with Gasteiger partial charge in [0.2, 0.25) is 0 Å². The molecule has 0 saturated carbocycles. The summed E-state index contributed by atoms with van der Waals surface area (Å²) in [4.78, 5) is 4.42. The fraction of sp³-hybridized carbons (Fsp3) is 0.300. The molecule has 0 N–H and O–H groups in total. The predicted octanol–water partition coefficient (Wildman–Crippen LogP) is 2.43. The van der Waals surface area contributed by atoms with Crippen molar-refractivity contribution < 1.29 is 0 Å². The first-order valence-corrected chi connectivity index (χ1v) is 5.58. The third-order valence-electron chi connectivity index (χ3n) is 2.14. The molecular weight excluding hydrogens is 256 g/mol. The molecule has 2 aromatic rings. The first kappa shape index (κ1) is 10.3. The highest BCUT2D eigenvalue weighted by Crippen LogP contribution is 2.19. The van der Waals surface area contributed by atoms with Gasteiger partial charge in [-0.25, -0.2) is 4.68 Å². The predicted molar refractivity (Wildman–Crippen MR) is 61.2 cm³/mol. The van der Waals surface area contributed by atoms with E-state index in [1.807, 2.05) is 32.2 Å². The van der Waals surface area contributed by atoms with E-state index in [4.69, 9.17) is 0 Å². The van der Waals surface area contributed by atoms with Crippen molar-refractivity contribution in [3.63, 3.8) is 0 Å². The molecule has 0 amide bonds. The molecule has 0 aliphatic carbocycles. The van der Waals surface area contributed by atoms with Gasteiger partial charge in [0.25, 0.3) is 0 Å². The van der Waals surface area contributed by atoms with Gasteiger partial charge in [-0.2, -0.15) is 0 Å². The second kappa shape index (κ2) is 4.10. The normalized spacial score (nSPS) is 12.7. The molecule has 0 spiro atoms. The van der Waals surface area contributed by atoms with Crippen LogP contribution in [0.1, 0.15) is 23.1 Å². The maximum Gasteiger partial charge on any atom is 0.0965 e. The molecule has 2 rings (SSSR count). The van der Waals surface area contributed by atoms with Crippen LogP contribution < -0.4 is 0 Å². The van der Waals surface area contributed by atoms with Gasteiger partial charge in [0.05, 0.1) is 28.1 Å². The summed E-state index contributed by atoms with van der Waals surface area (Å²) in [5, 5.41) is 8.14. The number of aryl methyl sites for hydroxylation is 1. The Hall–Kier alpha value is -1.23. The van der Waals surface area contributed by atoms with Crippen molar-refractivity contribution >= 4 is 15.9 Å². The SMILES string of the molecule is Cc1ncccc1-n1cc(C(C)Br)nn1. The summed E-state index contributed by atoms with van der Waals surface area (Å²) in [5.41, 5.74) is 2.82. The maximum absolute atomic E-state index is 4.21. The molecule has 1 atom stereocenters. The molecule has 0 fully saturated rings. The lowest BCUT2D eigenvalue weighted by molar-refractivity contribution is 0.788. The Morgan fingerprint density at radius 3 is 2.87 bits per heavy atom. The largest absolute Gasteiger partial charge is 0.259 e. The highest BCUT2D eigenvalue weighted by atomic mass is 79.9. The summed E-state index contributed by atoms with van der Waals surface area (Å²) < 4.78 is 1.75. The Balaban J connectivity index is 2.42. The van der Waals surface area contributed by atoms with Crippen molar-refractivity contribution in [1.29, 1.82) is 0 Å². The van der Waals surface area contributed by atoms with Crippen LogP contribution in [-0.4, -0.2) is 20.0 Å². The molecule has 0 aliphatic rings. The minimum Gasteiger partial charge on any atom is -0.259 e. The molecule has 5 heteroatoms. The van der Waals surface area contributed by atoms with Crippen LogP contribution in [0.4, 0.5) is 0 Å². The van der Waals surface area contributed by atoms with E-state index in [1.165, 1.54) is 0 Å². The molecule has 2 heterocycles. The first-order valence-electron chi connectivity index (χ1n) is 4.67. The lowest BCUT2D eigenvalue weighted by Gasteiger charge is -2.02. The van der Waals surface area contributed by atoms with Crippen LogP contribution >= 0.6 is 15.9 Å². The zero-order valence-electron chi connectivity index (χ0n) is 8.55. The van der Waals surface area contributed by atoms with Crippen LogP contribution in [0.15, 0.2) is 24.5 Å². The van der Waals surface area contributed by atoms with E-state index in [2.05, 4.69) is 31.2 Å². The molecule has 0 saturated heterocycles. The van der Waals surface area contributed by atoms with Crippen molar-refractivity contribution in [2.75, 3.05) is 0 Å². The number of hydrogen-bond donors (Lipinski definition) is 0. The van der Waals surface area contributed by atoms with Crippen molar-refractivity contribution in [3.05, 3.63) is 35.9 Å². The molecule has 0 aromatic carbocycles. The summed E-state index contributed by atoms with van der Waals surface area (Å²) >= 11 is 3.46. The van der Waals surface area contributed by atoms with E-state index in [0.717, 1.165) is 17.1 Å². The van der Waals surface area contributed by atoms with E-state index in [9.17, 15) is 0 Å². The van der Waals surface area contributed by atoms with Crippen LogP contribution in [0, 0.1) is 6.92 Å². The molecule has 0 radical (unpaired) electrons. The van der Waals surface area contributed by atoms with Crippen molar-refractivity contribution in [3.8, 4) is 5.69 Å². The summed E-state index contributed by atoms with van der Waals surface area (Å²) in [6.45, 7) is 3.97. The first-order chi connectivity index (χ1) is 7.18. The van der Waals surface area contributed by atoms with E-state index in [-0.39, 0.29) is 4.83 Å². The van der Waals surface area contributed by atoms with Crippen molar-refractivity contribution in [2.45, 2.75) is 18.7 Å². The van der Waals surface area contributed by atoms with Gasteiger partial charge in [0.15, 0.2) is 0 Å². The van der Waals surface area contributed by atoms with E-state index >= 15 is 0 Å². The highest BCUT2D eigenvalue weighted by molar-refractivity contribution is 9.09. The number of hydrogen-bond acceptors (Lipinski definition) is 3. The van der Waals surface area contributed by atoms with Crippen LogP contribution in [-0.2, 0) is 0 Å². The molecule has 0 bridgehead atoms. The van der Waals surface area contributed by atoms with Crippen molar-refractivity contribution in [1.82, 2.24) is 20.0 Å². The smallest absolute Gasteiger partial charge is 0.0965 e. The van der Waals surface area contributed by atoms with Gasteiger partial charge in [-0.05, 0) is 26.0 Å². The molecule has 1 unspecified atom stereocenters. The lowest BCUT2D eigenvalue weighted by atomic mass is 10.3. The van der Waals surface area contributed by atoms with E-state index in [0.29, 0.717) is 0 Å². The number of aromatic nitrogens is 4. The Labute approximate surface area is 96.5 Å². The fourth-order valence-corrected chi connectivity index (χ4v) is 1.50. The zero-order valence-corrected chi connectivity index (χ0v) is 10.1. The van der Waals surface area contributed by atoms with Gasteiger partial charge < -0.3 is 0 Å². The topological polar surface area (TPSA) is 43.6 Å². The minimum atomic E-state index is 0.211. The van der Waals surface area contributed by atoms with Crippen LogP contribution in [0.3, 0.4) is 0 Å². The standard InChI is InChI=1S/C10H11BrN4/c1-7(11)9-6-15(14-13-9)10-4-3-5-12-8(10)2/h3-7H,1-2H3. The highest BCUT2D eigenvalue weighted by Gasteiger charge is 2.08. The fourth-order valence-electron chi connectivity index (χ4n) is 1.29. The molecule has 4 nitrogen and oxygen atoms in total. The summed E-state index contributed by atoms with van der Waals surface area (Å²) in [6.07, 6.45) is 3.67. The molecule has 78 valence electrons. The zero-order chi connectivity index (χ0) is 10.8. The third kappa shape index (κ3) is 2.07. The third-order valence-corrected chi connectivity index (χ3v) is 2.61. The maximum atomic E-state index is 4.21. The average molecular weight is 267 g/mol. The van der Waals surface area contributed by atoms with Crippen LogP contribution in [0.2, 0.25) is 0 Å². The van der Waals surface area contributed by atoms with E-state index in [1.54, 1.807) is 10.9 Å². The minimum absolute atomic E-state index is 0.211. The van der Waals surface area contributed by atoms with Gasteiger partial charge in [-0.3, -0.25) is 4.98 Å². The van der Waals surface area contributed by atoms with Gasteiger partial charge >= 0.3 is 0 Å². The Kier molecular flexibility index (Phi) is 2.81.